The Labute approximate surface area is 105 Å². The Morgan fingerprint density at radius 3 is 2.80 bits per heavy atom. The molecule has 1 saturated carbocycles. The zero-order chi connectivity index (χ0) is 10.7. The van der Waals surface area contributed by atoms with Crippen molar-refractivity contribution in [1.29, 1.82) is 0 Å². The molecule has 0 aromatic heterocycles. The van der Waals surface area contributed by atoms with Gasteiger partial charge in [-0.1, -0.05) is 25.5 Å². The van der Waals surface area contributed by atoms with Crippen molar-refractivity contribution >= 4 is 22.6 Å². The Kier molecular flexibility index (Phi) is 3.89. The van der Waals surface area contributed by atoms with E-state index in [0.717, 1.165) is 11.7 Å². The third kappa shape index (κ3) is 3.10. The molecule has 15 heavy (non-hydrogen) atoms. The van der Waals surface area contributed by atoms with Crippen LogP contribution in [0, 0.1) is 9.49 Å². The molecule has 2 unspecified atom stereocenters. The van der Waals surface area contributed by atoms with Crippen molar-refractivity contribution in [3.05, 3.63) is 27.8 Å². The molecule has 1 aliphatic carbocycles. The SMILES string of the molecule is CC1CCCC(Oc2ccccc2I)C1. The zero-order valence-electron chi connectivity index (χ0n) is 9.08. The lowest BCUT2D eigenvalue weighted by molar-refractivity contribution is 0.128. The molecule has 2 heteroatoms. The number of halogens is 1. The molecule has 2 atom stereocenters. The third-order valence-corrected chi connectivity index (χ3v) is 3.91. The summed E-state index contributed by atoms with van der Waals surface area (Å²) in [5, 5.41) is 0. The minimum Gasteiger partial charge on any atom is -0.489 e. The Morgan fingerprint density at radius 2 is 2.07 bits per heavy atom. The number of benzene rings is 1. The summed E-state index contributed by atoms with van der Waals surface area (Å²) < 4.78 is 7.27. The van der Waals surface area contributed by atoms with E-state index < -0.39 is 0 Å². The van der Waals surface area contributed by atoms with Gasteiger partial charge in [0, 0.05) is 0 Å². The van der Waals surface area contributed by atoms with Crippen LogP contribution >= 0.6 is 22.6 Å². The van der Waals surface area contributed by atoms with Crippen LogP contribution in [-0.4, -0.2) is 6.10 Å². The molecule has 1 aromatic rings. The van der Waals surface area contributed by atoms with Gasteiger partial charge in [0.15, 0.2) is 0 Å². The van der Waals surface area contributed by atoms with Gasteiger partial charge >= 0.3 is 0 Å². The van der Waals surface area contributed by atoms with Gasteiger partial charge in [-0.25, -0.2) is 0 Å². The van der Waals surface area contributed by atoms with E-state index >= 15 is 0 Å². The molecular formula is C13H17IO. The lowest BCUT2D eigenvalue weighted by atomic mass is 9.89. The molecule has 1 fully saturated rings. The van der Waals surface area contributed by atoms with Crippen LogP contribution in [0.1, 0.15) is 32.6 Å². The molecule has 0 aliphatic heterocycles. The summed E-state index contributed by atoms with van der Waals surface area (Å²) in [4.78, 5) is 0. The first kappa shape index (κ1) is 11.2. The van der Waals surface area contributed by atoms with Crippen molar-refractivity contribution < 1.29 is 4.74 Å². The maximum atomic E-state index is 6.05. The Morgan fingerprint density at radius 1 is 1.27 bits per heavy atom. The van der Waals surface area contributed by atoms with E-state index in [1.807, 2.05) is 6.07 Å². The van der Waals surface area contributed by atoms with Crippen molar-refractivity contribution in [2.75, 3.05) is 0 Å². The van der Waals surface area contributed by atoms with Crippen LogP contribution in [0.3, 0.4) is 0 Å². The highest BCUT2D eigenvalue weighted by Gasteiger charge is 2.20. The second-order valence-corrected chi connectivity index (χ2v) is 5.60. The molecule has 1 aliphatic rings. The number of ether oxygens (including phenoxy) is 1. The van der Waals surface area contributed by atoms with E-state index in [2.05, 4.69) is 47.7 Å². The molecular weight excluding hydrogens is 299 g/mol. The molecule has 0 bridgehead atoms. The Balaban J connectivity index is 1.99. The number of hydrogen-bond donors (Lipinski definition) is 0. The summed E-state index contributed by atoms with van der Waals surface area (Å²) in [7, 11) is 0. The van der Waals surface area contributed by atoms with Crippen molar-refractivity contribution in [3.8, 4) is 5.75 Å². The average molecular weight is 316 g/mol. The molecule has 0 N–H and O–H groups in total. The molecule has 2 rings (SSSR count). The minimum atomic E-state index is 0.435. The van der Waals surface area contributed by atoms with E-state index in [4.69, 9.17) is 4.74 Å². The van der Waals surface area contributed by atoms with Crippen LogP contribution in [0.5, 0.6) is 5.75 Å². The third-order valence-electron chi connectivity index (χ3n) is 3.02. The lowest BCUT2D eigenvalue weighted by Gasteiger charge is -2.27. The van der Waals surface area contributed by atoms with Gasteiger partial charge in [0.1, 0.15) is 5.75 Å². The second kappa shape index (κ2) is 5.19. The topological polar surface area (TPSA) is 9.23 Å². The summed E-state index contributed by atoms with van der Waals surface area (Å²) in [6, 6.07) is 8.27. The van der Waals surface area contributed by atoms with Gasteiger partial charge in [-0.3, -0.25) is 0 Å². The summed E-state index contributed by atoms with van der Waals surface area (Å²) in [6.45, 7) is 2.32. The fraction of sp³-hybridized carbons (Fsp3) is 0.538. The smallest absolute Gasteiger partial charge is 0.133 e. The first-order chi connectivity index (χ1) is 7.25. The minimum absolute atomic E-state index is 0.435. The normalized spacial score (nSPS) is 26.3. The summed E-state index contributed by atoms with van der Waals surface area (Å²) in [5.74, 6) is 1.88. The number of rotatable bonds is 2. The second-order valence-electron chi connectivity index (χ2n) is 4.44. The summed E-state index contributed by atoms with van der Waals surface area (Å²) in [6.07, 6.45) is 5.55. The van der Waals surface area contributed by atoms with Crippen LogP contribution in [0.25, 0.3) is 0 Å². The molecule has 82 valence electrons. The molecule has 1 aromatic carbocycles. The van der Waals surface area contributed by atoms with Crippen molar-refractivity contribution in [1.82, 2.24) is 0 Å². The first-order valence-electron chi connectivity index (χ1n) is 5.67. The van der Waals surface area contributed by atoms with Gasteiger partial charge in [-0.2, -0.15) is 0 Å². The summed E-state index contributed by atoms with van der Waals surface area (Å²) >= 11 is 2.34. The summed E-state index contributed by atoms with van der Waals surface area (Å²) in [5.41, 5.74) is 0. The van der Waals surface area contributed by atoms with E-state index in [1.165, 1.54) is 29.3 Å². The first-order valence-corrected chi connectivity index (χ1v) is 6.75. The van der Waals surface area contributed by atoms with E-state index in [9.17, 15) is 0 Å². The highest BCUT2D eigenvalue weighted by atomic mass is 127. The monoisotopic (exact) mass is 316 g/mol. The van der Waals surface area contributed by atoms with E-state index in [-0.39, 0.29) is 0 Å². The van der Waals surface area contributed by atoms with Gasteiger partial charge < -0.3 is 4.74 Å². The van der Waals surface area contributed by atoms with Crippen LogP contribution in [0.4, 0.5) is 0 Å². The standard InChI is InChI=1S/C13H17IO/c1-10-5-4-6-11(9-10)15-13-8-3-2-7-12(13)14/h2-3,7-8,10-11H,4-6,9H2,1H3. The van der Waals surface area contributed by atoms with Gasteiger partial charge in [-0.05, 0) is 59.9 Å². The van der Waals surface area contributed by atoms with Crippen molar-refractivity contribution in [2.45, 2.75) is 38.7 Å². The Bertz CT molecular complexity index is 324. The molecule has 0 spiro atoms. The molecule has 0 heterocycles. The number of para-hydroxylation sites is 1. The number of hydrogen-bond acceptors (Lipinski definition) is 1. The predicted molar refractivity (Wildman–Crippen MR) is 71.2 cm³/mol. The largest absolute Gasteiger partial charge is 0.489 e. The maximum Gasteiger partial charge on any atom is 0.133 e. The van der Waals surface area contributed by atoms with Crippen LogP contribution in [0.2, 0.25) is 0 Å². The fourth-order valence-corrected chi connectivity index (χ4v) is 2.72. The molecule has 0 saturated heterocycles. The van der Waals surface area contributed by atoms with Gasteiger partial charge in [-0.15, -0.1) is 0 Å². The predicted octanol–water partition coefficient (Wildman–Crippen LogP) is 4.25. The van der Waals surface area contributed by atoms with Gasteiger partial charge in [0.2, 0.25) is 0 Å². The zero-order valence-corrected chi connectivity index (χ0v) is 11.2. The van der Waals surface area contributed by atoms with Crippen molar-refractivity contribution in [2.24, 2.45) is 5.92 Å². The molecule has 0 amide bonds. The average Bonchev–Trinajstić information content (AvgIpc) is 2.22. The highest BCUT2D eigenvalue weighted by Crippen LogP contribution is 2.29. The van der Waals surface area contributed by atoms with Gasteiger partial charge in [0.05, 0.1) is 9.67 Å². The van der Waals surface area contributed by atoms with E-state index in [1.54, 1.807) is 0 Å². The molecule has 1 nitrogen and oxygen atoms in total. The Hall–Kier alpha value is -0.250. The van der Waals surface area contributed by atoms with Crippen molar-refractivity contribution in [3.63, 3.8) is 0 Å². The highest BCUT2D eigenvalue weighted by molar-refractivity contribution is 14.1. The lowest BCUT2D eigenvalue weighted by Crippen LogP contribution is -2.24. The van der Waals surface area contributed by atoms with Crippen LogP contribution in [0.15, 0.2) is 24.3 Å². The molecule has 0 radical (unpaired) electrons. The maximum absolute atomic E-state index is 6.05. The quantitative estimate of drug-likeness (QED) is 0.741. The van der Waals surface area contributed by atoms with Crippen LogP contribution in [-0.2, 0) is 0 Å². The van der Waals surface area contributed by atoms with Gasteiger partial charge in [0.25, 0.3) is 0 Å². The fourth-order valence-electron chi connectivity index (χ4n) is 2.21. The van der Waals surface area contributed by atoms with Crippen LogP contribution < -0.4 is 4.74 Å². The van der Waals surface area contributed by atoms with E-state index in [0.29, 0.717) is 6.10 Å².